The van der Waals surface area contributed by atoms with Gasteiger partial charge in [-0.05, 0) is 44.0 Å². The molecular weight excluding hydrogens is 274 g/mol. The highest BCUT2D eigenvalue weighted by molar-refractivity contribution is 6.06. The number of ether oxygens (including phenoxy) is 1. The second-order valence-corrected chi connectivity index (χ2v) is 5.48. The van der Waals surface area contributed by atoms with Crippen LogP contribution in [-0.4, -0.2) is 12.0 Å². The zero-order valence-corrected chi connectivity index (χ0v) is 13.4. The molecule has 1 unspecified atom stereocenters. The van der Waals surface area contributed by atoms with Crippen LogP contribution >= 0.6 is 0 Å². The summed E-state index contributed by atoms with van der Waals surface area (Å²) in [5.41, 5.74) is 2.42. The van der Waals surface area contributed by atoms with E-state index in [1.165, 1.54) is 0 Å². The van der Waals surface area contributed by atoms with E-state index in [1.807, 2.05) is 56.3 Å². The maximum atomic E-state index is 12.5. The summed E-state index contributed by atoms with van der Waals surface area (Å²) in [6.07, 6.45) is 2.12. The maximum absolute atomic E-state index is 12.5. The molecule has 0 aliphatic carbocycles. The van der Waals surface area contributed by atoms with Gasteiger partial charge in [0.15, 0.2) is 0 Å². The van der Waals surface area contributed by atoms with Crippen molar-refractivity contribution in [1.82, 2.24) is 0 Å². The Morgan fingerprint density at radius 1 is 1.14 bits per heavy atom. The lowest BCUT2D eigenvalue weighted by atomic mass is 10.1. The molecule has 0 aliphatic rings. The molecule has 1 N–H and O–H groups in total. The summed E-state index contributed by atoms with van der Waals surface area (Å²) >= 11 is 0. The van der Waals surface area contributed by atoms with Gasteiger partial charge in [-0.25, -0.2) is 0 Å². The van der Waals surface area contributed by atoms with Gasteiger partial charge in [0.25, 0.3) is 5.91 Å². The predicted molar refractivity (Wildman–Crippen MR) is 90.6 cm³/mol. The van der Waals surface area contributed by atoms with E-state index in [0.29, 0.717) is 11.3 Å². The monoisotopic (exact) mass is 297 g/mol. The Kier molecular flexibility index (Phi) is 5.59. The van der Waals surface area contributed by atoms with Gasteiger partial charge in [0, 0.05) is 5.69 Å². The Hall–Kier alpha value is -2.29. The van der Waals surface area contributed by atoms with Crippen molar-refractivity contribution in [1.29, 1.82) is 0 Å². The van der Waals surface area contributed by atoms with Gasteiger partial charge in [0.1, 0.15) is 5.75 Å². The molecule has 2 rings (SSSR count). The van der Waals surface area contributed by atoms with Crippen LogP contribution in [0.15, 0.2) is 48.5 Å². The standard InChI is InChI=1S/C19H23NO2/c1-4-9-15(3)22-18-13-8-6-11-16(18)19(21)20-17-12-7-5-10-14(17)2/h5-8,10-13,15H,4,9H2,1-3H3,(H,20,21). The third-order valence-corrected chi connectivity index (χ3v) is 3.55. The Morgan fingerprint density at radius 2 is 1.82 bits per heavy atom. The summed E-state index contributed by atoms with van der Waals surface area (Å²) in [6, 6.07) is 15.1. The SMILES string of the molecule is CCCC(C)Oc1ccccc1C(=O)Nc1ccccc1C. The van der Waals surface area contributed by atoms with Crippen LogP contribution in [0.25, 0.3) is 0 Å². The number of carbonyl (C=O) groups is 1. The van der Waals surface area contributed by atoms with Gasteiger partial charge in [0.05, 0.1) is 11.7 Å². The number of carbonyl (C=O) groups excluding carboxylic acids is 1. The van der Waals surface area contributed by atoms with Crippen LogP contribution in [0.4, 0.5) is 5.69 Å². The van der Waals surface area contributed by atoms with Crippen molar-refractivity contribution in [2.45, 2.75) is 39.7 Å². The highest BCUT2D eigenvalue weighted by Gasteiger charge is 2.14. The minimum atomic E-state index is -0.145. The second kappa shape index (κ2) is 7.64. The van der Waals surface area contributed by atoms with Gasteiger partial charge in [-0.3, -0.25) is 4.79 Å². The van der Waals surface area contributed by atoms with Crippen molar-refractivity contribution >= 4 is 11.6 Å². The van der Waals surface area contributed by atoms with Crippen LogP contribution in [0.3, 0.4) is 0 Å². The van der Waals surface area contributed by atoms with Crippen LogP contribution in [0.1, 0.15) is 42.6 Å². The van der Waals surface area contributed by atoms with E-state index in [4.69, 9.17) is 4.74 Å². The number of hydrogen-bond donors (Lipinski definition) is 1. The highest BCUT2D eigenvalue weighted by atomic mass is 16.5. The third kappa shape index (κ3) is 4.10. The highest BCUT2D eigenvalue weighted by Crippen LogP contribution is 2.22. The van der Waals surface area contributed by atoms with Crippen LogP contribution in [0.5, 0.6) is 5.75 Å². The third-order valence-electron chi connectivity index (χ3n) is 3.55. The van der Waals surface area contributed by atoms with Crippen molar-refractivity contribution in [2.75, 3.05) is 5.32 Å². The molecule has 0 bridgehead atoms. The molecule has 0 radical (unpaired) electrons. The molecule has 3 nitrogen and oxygen atoms in total. The van der Waals surface area contributed by atoms with E-state index in [0.717, 1.165) is 24.1 Å². The summed E-state index contributed by atoms with van der Waals surface area (Å²) < 4.78 is 5.91. The average molecular weight is 297 g/mol. The van der Waals surface area contributed by atoms with Gasteiger partial charge in [-0.15, -0.1) is 0 Å². The Balaban J connectivity index is 2.18. The topological polar surface area (TPSA) is 38.3 Å². The summed E-state index contributed by atoms with van der Waals surface area (Å²) in [6.45, 7) is 6.12. The predicted octanol–water partition coefficient (Wildman–Crippen LogP) is 4.81. The molecule has 2 aromatic rings. The van der Waals surface area contributed by atoms with Crippen molar-refractivity contribution < 1.29 is 9.53 Å². The van der Waals surface area contributed by atoms with Gasteiger partial charge < -0.3 is 10.1 Å². The van der Waals surface area contributed by atoms with Gasteiger partial charge >= 0.3 is 0 Å². The van der Waals surface area contributed by atoms with E-state index in [2.05, 4.69) is 12.2 Å². The van der Waals surface area contributed by atoms with E-state index in [1.54, 1.807) is 6.07 Å². The minimum absolute atomic E-state index is 0.0948. The van der Waals surface area contributed by atoms with Crippen LogP contribution < -0.4 is 10.1 Å². The largest absolute Gasteiger partial charge is 0.490 e. The zero-order chi connectivity index (χ0) is 15.9. The van der Waals surface area contributed by atoms with E-state index < -0.39 is 0 Å². The number of para-hydroxylation sites is 2. The Morgan fingerprint density at radius 3 is 2.55 bits per heavy atom. The molecule has 116 valence electrons. The fourth-order valence-electron chi connectivity index (χ4n) is 2.34. The average Bonchev–Trinajstić information content (AvgIpc) is 2.50. The molecule has 1 atom stereocenters. The van der Waals surface area contributed by atoms with E-state index in [9.17, 15) is 4.79 Å². The molecule has 0 fully saturated rings. The maximum Gasteiger partial charge on any atom is 0.259 e. The first-order chi connectivity index (χ1) is 10.6. The molecule has 2 aromatic carbocycles. The Labute approximate surface area is 132 Å². The summed E-state index contributed by atoms with van der Waals surface area (Å²) in [5, 5.41) is 2.95. The fourth-order valence-corrected chi connectivity index (χ4v) is 2.34. The number of nitrogens with one attached hydrogen (secondary N) is 1. The summed E-state index contributed by atoms with van der Waals surface area (Å²) in [4.78, 5) is 12.5. The molecule has 1 amide bonds. The molecule has 0 aromatic heterocycles. The smallest absolute Gasteiger partial charge is 0.259 e. The fraction of sp³-hybridized carbons (Fsp3) is 0.316. The minimum Gasteiger partial charge on any atom is -0.490 e. The van der Waals surface area contributed by atoms with Crippen LogP contribution in [-0.2, 0) is 0 Å². The Bertz CT molecular complexity index is 637. The first-order valence-corrected chi connectivity index (χ1v) is 7.74. The molecule has 0 spiro atoms. The van der Waals surface area contributed by atoms with Gasteiger partial charge in [-0.2, -0.15) is 0 Å². The first-order valence-electron chi connectivity index (χ1n) is 7.74. The van der Waals surface area contributed by atoms with Gasteiger partial charge in [0.2, 0.25) is 0 Å². The number of benzene rings is 2. The van der Waals surface area contributed by atoms with Crippen LogP contribution in [0, 0.1) is 6.92 Å². The summed E-state index contributed by atoms with van der Waals surface area (Å²) in [7, 11) is 0. The first kappa shape index (κ1) is 16.1. The van der Waals surface area contributed by atoms with Crippen molar-refractivity contribution in [3.8, 4) is 5.75 Å². The molecule has 0 aliphatic heterocycles. The number of rotatable bonds is 6. The number of hydrogen-bond acceptors (Lipinski definition) is 2. The quantitative estimate of drug-likeness (QED) is 0.830. The van der Waals surface area contributed by atoms with Crippen molar-refractivity contribution in [3.05, 3.63) is 59.7 Å². The van der Waals surface area contributed by atoms with Crippen LogP contribution in [0.2, 0.25) is 0 Å². The van der Waals surface area contributed by atoms with Crippen molar-refractivity contribution in [2.24, 2.45) is 0 Å². The van der Waals surface area contributed by atoms with E-state index >= 15 is 0 Å². The molecule has 0 heterocycles. The number of amides is 1. The number of aryl methyl sites for hydroxylation is 1. The lowest BCUT2D eigenvalue weighted by molar-refractivity contribution is 0.102. The molecular formula is C19H23NO2. The van der Waals surface area contributed by atoms with Gasteiger partial charge in [-0.1, -0.05) is 43.7 Å². The lowest BCUT2D eigenvalue weighted by Crippen LogP contribution is -2.17. The summed E-state index contributed by atoms with van der Waals surface area (Å²) in [5.74, 6) is 0.489. The van der Waals surface area contributed by atoms with E-state index in [-0.39, 0.29) is 12.0 Å². The number of anilines is 1. The lowest BCUT2D eigenvalue weighted by Gasteiger charge is -2.17. The zero-order valence-electron chi connectivity index (χ0n) is 13.4. The molecule has 0 saturated carbocycles. The molecule has 0 saturated heterocycles. The van der Waals surface area contributed by atoms with Crippen molar-refractivity contribution in [3.63, 3.8) is 0 Å². The molecule has 3 heteroatoms. The second-order valence-electron chi connectivity index (χ2n) is 5.48. The normalized spacial score (nSPS) is 11.8. The molecule has 22 heavy (non-hydrogen) atoms.